The topological polar surface area (TPSA) is 97.0 Å². The van der Waals surface area contributed by atoms with Crippen molar-refractivity contribution in [2.75, 3.05) is 20.3 Å². The number of ether oxygens (including phenoxy) is 2. The summed E-state index contributed by atoms with van der Waals surface area (Å²) in [6.45, 7) is 0.813. The Balaban J connectivity index is 1.63. The number of nitrogens with one attached hydrogen (secondary N) is 2. The Bertz CT molecular complexity index is 866. The van der Waals surface area contributed by atoms with Gasteiger partial charge in [-0.3, -0.25) is 4.90 Å². The van der Waals surface area contributed by atoms with Crippen LogP contribution in [0.25, 0.3) is 0 Å². The normalized spacial score (nSPS) is 28.3. The van der Waals surface area contributed by atoms with E-state index in [4.69, 9.17) is 9.47 Å². The van der Waals surface area contributed by atoms with Crippen LogP contribution in [0.2, 0.25) is 0 Å². The number of halogens is 2. The first kappa shape index (κ1) is 25.8. The van der Waals surface area contributed by atoms with Crippen molar-refractivity contribution in [2.45, 2.75) is 75.6 Å². The fourth-order valence-corrected chi connectivity index (χ4v) is 5.56. The lowest BCUT2D eigenvalue weighted by molar-refractivity contribution is -0.0170. The molecule has 1 aliphatic carbocycles. The maximum atomic E-state index is 12.5. The Hall–Kier alpha value is -1.82. The summed E-state index contributed by atoms with van der Waals surface area (Å²) in [6.07, 6.45) is 0.295. The van der Waals surface area contributed by atoms with Crippen LogP contribution in [0.1, 0.15) is 50.5 Å². The van der Waals surface area contributed by atoms with E-state index in [0.29, 0.717) is 12.3 Å². The number of hydrogen-bond acceptors (Lipinski definition) is 5. The number of amides is 1. The van der Waals surface area contributed by atoms with Gasteiger partial charge in [-0.25, -0.2) is 18.3 Å². The standard InChI is InChI=1S/C22H33F2N3O5S/c1-15-12-19(26-33(29,30)25-2)20(27(15)22(28)32-14-21(23)24)13-31-18-10-8-17(9-11-18)16-6-4-3-5-7-16/h3-7,15,17-21,25-26H,8-14H2,1-2H3. The maximum absolute atomic E-state index is 12.5. The number of likely N-dealkylation sites (tertiary alicyclic amines) is 1. The van der Waals surface area contributed by atoms with Gasteiger partial charge in [-0.2, -0.15) is 13.1 Å². The van der Waals surface area contributed by atoms with Gasteiger partial charge < -0.3 is 9.47 Å². The van der Waals surface area contributed by atoms with Gasteiger partial charge >= 0.3 is 6.09 Å². The van der Waals surface area contributed by atoms with Crippen LogP contribution in [0, 0.1) is 0 Å². The van der Waals surface area contributed by atoms with Crippen LogP contribution in [-0.4, -0.2) is 70.3 Å². The van der Waals surface area contributed by atoms with E-state index in [1.54, 1.807) is 6.92 Å². The van der Waals surface area contributed by atoms with E-state index >= 15 is 0 Å². The third-order valence-corrected chi connectivity index (χ3v) is 7.61. The van der Waals surface area contributed by atoms with Crippen molar-refractivity contribution >= 4 is 16.3 Å². The maximum Gasteiger partial charge on any atom is 0.410 e. The molecule has 1 aliphatic heterocycles. The van der Waals surface area contributed by atoms with Gasteiger partial charge in [0, 0.05) is 19.1 Å². The second-order valence-corrected chi connectivity index (χ2v) is 10.3. The van der Waals surface area contributed by atoms with E-state index in [9.17, 15) is 22.0 Å². The Morgan fingerprint density at radius 2 is 1.85 bits per heavy atom. The summed E-state index contributed by atoms with van der Waals surface area (Å²) in [6, 6.07) is 8.64. The van der Waals surface area contributed by atoms with Crippen molar-refractivity contribution in [2.24, 2.45) is 0 Å². The third kappa shape index (κ3) is 7.08. The second kappa shape index (κ2) is 11.5. The molecule has 1 heterocycles. The molecule has 8 nitrogen and oxygen atoms in total. The summed E-state index contributed by atoms with van der Waals surface area (Å²) in [5.74, 6) is 0.480. The van der Waals surface area contributed by atoms with E-state index in [1.807, 2.05) is 18.2 Å². The first-order chi connectivity index (χ1) is 15.7. The summed E-state index contributed by atoms with van der Waals surface area (Å²) >= 11 is 0. The third-order valence-electron chi connectivity index (χ3n) is 6.46. The minimum absolute atomic E-state index is 0.0126. The molecule has 11 heteroatoms. The van der Waals surface area contributed by atoms with Gasteiger partial charge in [0.2, 0.25) is 0 Å². The summed E-state index contributed by atoms with van der Waals surface area (Å²) < 4.78 is 64.9. The molecule has 0 spiro atoms. The summed E-state index contributed by atoms with van der Waals surface area (Å²) in [7, 11) is -2.49. The molecule has 3 unspecified atom stereocenters. The van der Waals surface area contributed by atoms with E-state index < -0.39 is 47.5 Å². The van der Waals surface area contributed by atoms with Gasteiger partial charge in [0.15, 0.2) is 6.61 Å². The summed E-state index contributed by atoms with van der Waals surface area (Å²) in [5.41, 5.74) is 1.31. The number of carbonyl (C=O) groups is 1. The average Bonchev–Trinajstić information content (AvgIpc) is 3.10. The molecular formula is C22H33F2N3O5S. The number of carbonyl (C=O) groups excluding carboxylic acids is 1. The summed E-state index contributed by atoms with van der Waals surface area (Å²) in [4.78, 5) is 13.8. The highest BCUT2D eigenvalue weighted by atomic mass is 32.2. The lowest BCUT2D eigenvalue weighted by Crippen LogP contribution is -2.52. The molecule has 0 aromatic heterocycles. The fraction of sp³-hybridized carbons (Fsp3) is 0.682. The molecule has 0 radical (unpaired) electrons. The van der Waals surface area contributed by atoms with Crippen molar-refractivity contribution in [1.82, 2.24) is 14.3 Å². The molecule has 186 valence electrons. The van der Waals surface area contributed by atoms with Crippen LogP contribution in [0.5, 0.6) is 0 Å². The minimum Gasteiger partial charge on any atom is -0.443 e. The Labute approximate surface area is 194 Å². The molecule has 1 amide bonds. The monoisotopic (exact) mass is 489 g/mol. The SMILES string of the molecule is CNS(=O)(=O)NC1CC(C)N(C(=O)OCC(F)F)C1COC1CCC(c2ccccc2)CC1. The van der Waals surface area contributed by atoms with Crippen LogP contribution < -0.4 is 9.44 Å². The Morgan fingerprint density at radius 1 is 1.18 bits per heavy atom. The zero-order chi connectivity index (χ0) is 24.0. The molecule has 1 saturated heterocycles. The molecule has 3 atom stereocenters. The van der Waals surface area contributed by atoms with E-state index in [0.717, 1.165) is 25.7 Å². The molecule has 1 aromatic rings. The highest BCUT2D eigenvalue weighted by molar-refractivity contribution is 7.87. The van der Waals surface area contributed by atoms with E-state index in [-0.39, 0.29) is 12.7 Å². The van der Waals surface area contributed by atoms with Crippen LogP contribution >= 0.6 is 0 Å². The van der Waals surface area contributed by atoms with Crippen molar-refractivity contribution in [3.8, 4) is 0 Å². The molecule has 0 bridgehead atoms. The zero-order valence-electron chi connectivity index (χ0n) is 19.0. The molecule has 33 heavy (non-hydrogen) atoms. The van der Waals surface area contributed by atoms with Crippen LogP contribution in [0.3, 0.4) is 0 Å². The zero-order valence-corrected chi connectivity index (χ0v) is 19.8. The van der Waals surface area contributed by atoms with Gasteiger partial charge in [-0.1, -0.05) is 30.3 Å². The van der Waals surface area contributed by atoms with E-state index in [2.05, 4.69) is 21.6 Å². The lowest BCUT2D eigenvalue weighted by atomic mass is 9.83. The molecular weight excluding hydrogens is 456 g/mol. The first-order valence-corrected chi connectivity index (χ1v) is 12.8. The fourth-order valence-electron chi connectivity index (χ4n) is 4.79. The van der Waals surface area contributed by atoms with Gasteiger partial charge in [-0.05, 0) is 50.5 Å². The second-order valence-electron chi connectivity index (χ2n) is 8.68. The molecule has 2 aliphatic rings. The molecule has 2 N–H and O–H groups in total. The number of hydrogen-bond donors (Lipinski definition) is 2. The number of benzene rings is 1. The number of nitrogens with zero attached hydrogens (tertiary/aromatic N) is 1. The number of rotatable bonds is 9. The van der Waals surface area contributed by atoms with Crippen molar-refractivity contribution in [3.63, 3.8) is 0 Å². The van der Waals surface area contributed by atoms with Gasteiger partial charge in [0.05, 0.1) is 18.8 Å². The lowest BCUT2D eigenvalue weighted by Gasteiger charge is -2.33. The largest absolute Gasteiger partial charge is 0.443 e. The molecule has 1 aromatic carbocycles. The molecule has 3 rings (SSSR count). The van der Waals surface area contributed by atoms with Crippen molar-refractivity contribution < 1.29 is 31.5 Å². The highest BCUT2D eigenvalue weighted by Gasteiger charge is 2.44. The smallest absolute Gasteiger partial charge is 0.410 e. The first-order valence-electron chi connectivity index (χ1n) is 11.3. The average molecular weight is 490 g/mol. The number of alkyl halides is 2. The quantitative estimate of drug-likeness (QED) is 0.556. The predicted molar refractivity (Wildman–Crippen MR) is 119 cm³/mol. The summed E-state index contributed by atoms with van der Waals surface area (Å²) in [5, 5.41) is 0. The minimum atomic E-state index is -3.77. The van der Waals surface area contributed by atoms with Gasteiger partial charge in [0.1, 0.15) is 0 Å². The van der Waals surface area contributed by atoms with Crippen LogP contribution in [-0.2, 0) is 19.7 Å². The van der Waals surface area contributed by atoms with E-state index in [1.165, 1.54) is 17.5 Å². The van der Waals surface area contributed by atoms with Gasteiger partial charge in [-0.15, -0.1) is 0 Å². The van der Waals surface area contributed by atoms with Crippen LogP contribution in [0.4, 0.5) is 13.6 Å². The molecule has 2 fully saturated rings. The van der Waals surface area contributed by atoms with Crippen molar-refractivity contribution in [1.29, 1.82) is 0 Å². The van der Waals surface area contributed by atoms with Gasteiger partial charge in [0.25, 0.3) is 16.6 Å². The Morgan fingerprint density at radius 3 is 2.45 bits per heavy atom. The molecule has 1 saturated carbocycles. The predicted octanol–water partition coefficient (Wildman–Crippen LogP) is 3.02. The highest BCUT2D eigenvalue weighted by Crippen LogP contribution is 2.34. The van der Waals surface area contributed by atoms with Crippen molar-refractivity contribution in [3.05, 3.63) is 35.9 Å². The van der Waals surface area contributed by atoms with Crippen LogP contribution in [0.15, 0.2) is 30.3 Å². The Kier molecular flexibility index (Phi) is 9.02.